The number of ether oxygens (including phenoxy) is 1. The van der Waals surface area contributed by atoms with E-state index in [0.29, 0.717) is 12.0 Å². The molecule has 3 unspecified atom stereocenters. The SMILES string of the molecule is CCN1CCCC(n2cncc2C(N)C2CCOC2)C1. The molecule has 2 aliphatic heterocycles. The molecule has 2 fully saturated rings. The van der Waals surface area contributed by atoms with Crippen molar-refractivity contribution in [1.29, 1.82) is 0 Å². The molecule has 0 amide bonds. The van der Waals surface area contributed by atoms with Crippen LogP contribution >= 0.6 is 0 Å². The van der Waals surface area contributed by atoms with Crippen LogP contribution in [0.2, 0.25) is 0 Å². The minimum Gasteiger partial charge on any atom is -0.381 e. The van der Waals surface area contributed by atoms with Crippen LogP contribution in [-0.2, 0) is 4.74 Å². The summed E-state index contributed by atoms with van der Waals surface area (Å²) in [5, 5.41) is 0. The first-order valence-electron chi connectivity index (χ1n) is 7.87. The molecule has 1 aromatic heterocycles. The molecule has 2 saturated heterocycles. The maximum absolute atomic E-state index is 6.46. The molecule has 3 rings (SSSR count). The topological polar surface area (TPSA) is 56.3 Å². The van der Waals surface area contributed by atoms with Gasteiger partial charge < -0.3 is 19.9 Å². The van der Waals surface area contributed by atoms with Gasteiger partial charge in [0, 0.05) is 31.3 Å². The Morgan fingerprint density at radius 2 is 2.40 bits per heavy atom. The molecule has 0 aliphatic carbocycles. The van der Waals surface area contributed by atoms with Crippen molar-refractivity contribution in [3.05, 3.63) is 18.2 Å². The molecule has 0 radical (unpaired) electrons. The third kappa shape index (κ3) is 2.75. The molecule has 5 nitrogen and oxygen atoms in total. The number of piperidine rings is 1. The number of rotatable bonds is 4. The van der Waals surface area contributed by atoms with Crippen LogP contribution in [0, 0.1) is 5.92 Å². The molecule has 2 aliphatic rings. The Morgan fingerprint density at radius 1 is 1.50 bits per heavy atom. The van der Waals surface area contributed by atoms with Gasteiger partial charge in [0.1, 0.15) is 0 Å². The van der Waals surface area contributed by atoms with E-state index in [4.69, 9.17) is 10.5 Å². The molecule has 112 valence electrons. The third-order valence-electron chi connectivity index (χ3n) is 4.83. The van der Waals surface area contributed by atoms with Crippen molar-refractivity contribution in [2.45, 2.75) is 38.3 Å². The number of hydrogen-bond donors (Lipinski definition) is 1. The molecule has 0 aromatic carbocycles. The number of nitrogens with two attached hydrogens (primary N) is 1. The Kier molecular flexibility index (Phi) is 4.38. The summed E-state index contributed by atoms with van der Waals surface area (Å²) in [4.78, 5) is 6.88. The van der Waals surface area contributed by atoms with Crippen molar-refractivity contribution in [3.63, 3.8) is 0 Å². The van der Waals surface area contributed by atoms with E-state index in [1.807, 2.05) is 12.5 Å². The van der Waals surface area contributed by atoms with Crippen LogP contribution in [0.4, 0.5) is 0 Å². The minimum atomic E-state index is 0.0528. The summed E-state index contributed by atoms with van der Waals surface area (Å²) < 4.78 is 7.80. The first-order valence-corrected chi connectivity index (χ1v) is 7.87. The van der Waals surface area contributed by atoms with Crippen LogP contribution < -0.4 is 5.73 Å². The summed E-state index contributed by atoms with van der Waals surface area (Å²) in [6.45, 7) is 7.34. The van der Waals surface area contributed by atoms with Gasteiger partial charge in [-0.3, -0.25) is 0 Å². The Bertz CT molecular complexity index is 427. The minimum absolute atomic E-state index is 0.0528. The fourth-order valence-electron chi connectivity index (χ4n) is 3.50. The summed E-state index contributed by atoms with van der Waals surface area (Å²) in [5.41, 5.74) is 7.65. The molecular weight excluding hydrogens is 252 g/mol. The van der Waals surface area contributed by atoms with Crippen molar-refractivity contribution < 1.29 is 4.74 Å². The zero-order valence-corrected chi connectivity index (χ0v) is 12.4. The highest BCUT2D eigenvalue weighted by Gasteiger charge is 2.29. The van der Waals surface area contributed by atoms with E-state index in [9.17, 15) is 0 Å². The highest BCUT2D eigenvalue weighted by molar-refractivity contribution is 5.09. The molecule has 1 aromatic rings. The van der Waals surface area contributed by atoms with Crippen molar-refractivity contribution in [2.75, 3.05) is 32.8 Å². The van der Waals surface area contributed by atoms with Crippen LogP contribution in [0.1, 0.15) is 44.0 Å². The van der Waals surface area contributed by atoms with Crippen LogP contribution in [0.15, 0.2) is 12.5 Å². The average molecular weight is 278 g/mol. The number of hydrogen-bond acceptors (Lipinski definition) is 4. The average Bonchev–Trinajstić information content (AvgIpc) is 3.17. The van der Waals surface area contributed by atoms with Crippen molar-refractivity contribution in [3.8, 4) is 0 Å². The molecule has 3 atom stereocenters. The van der Waals surface area contributed by atoms with Crippen molar-refractivity contribution in [2.24, 2.45) is 11.7 Å². The van der Waals surface area contributed by atoms with Gasteiger partial charge in [0.15, 0.2) is 0 Å². The number of nitrogens with zero attached hydrogens (tertiary/aromatic N) is 3. The lowest BCUT2D eigenvalue weighted by Gasteiger charge is -2.34. The standard InChI is InChI=1S/C15H26N4O/c1-2-18-6-3-4-13(9-18)19-11-17-8-14(19)15(16)12-5-7-20-10-12/h8,11-13,15H,2-7,9-10,16H2,1H3. The molecule has 2 N–H and O–H groups in total. The molecule has 3 heterocycles. The molecule has 5 heteroatoms. The van der Waals surface area contributed by atoms with Gasteiger partial charge in [-0.25, -0.2) is 4.98 Å². The lowest BCUT2D eigenvalue weighted by Crippen LogP contribution is -2.37. The van der Waals surface area contributed by atoms with E-state index in [-0.39, 0.29) is 6.04 Å². The highest BCUT2D eigenvalue weighted by Crippen LogP contribution is 2.30. The summed E-state index contributed by atoms with van der Waals surface area (Å²) in [6.07, 6.45) is 7.48. The highest BCUT2D eigenvalue weighted by atomic mass is 16.5. The maximum atomic E-state index is 6.46. The van der Waals surface area contributed by atoms with E-state index in [1.165, 1.54) is 25.1 Å². The third-order valence-corrected chi connectivity index (χ3v) is 4.83. The zero-order valence-electron chi connectivity index (χ0n) is 12.4. The van der Waals surface area contributed by atoms with Gasteiger partial charge in [-0.2, -0.15) is 0 Å². The molecular formula is C15H26N4O. The predicted octanol–water partition coefficient (Wildman–Crippen LogP) is 1.58. The Morgan fingerprint density at radius 3 is 3.15 bits per heavy atom. The second kappa shape index (κ2) is 6.24. The van der Waals surface area contributed by atoms with Crippen LogP contribution in [0.25, 0.3) is 0 Å². The van der Waals surface area contributed by atoms with Gasteiger partial charge in [0.25, 0.3) is 0 Å². The number of aromatic nitrogens is 2. The second-order valence-electron chi connectivity index (χ2n) is 6.06. The van der Waals surface area contributed by atoms with E-state index in [1.54, 1.807) is 0 Å². The molecule has 0 spiro atoms. The number of likely N-dealkylation sites (tertiary alicyclic amines) is 1. The summed E-state index contributed by atoms with van der Waals surface area (Å²) in [7, 11) is 0. The number of imidazole rings is 1. The largest absolute Gasteiger partial charge is 0.381 e. The molecule has 20 heavy (non-hydrogen) atoms. The van der Waals surface area contributed by atoms with Crippen LogP contribution in [0.3, 0.4) is 0 Å². The summed E-state index contributed by atoms with van der Waals surface area (Å²) >= 11 is 0. The monoisotopic (exact) mass is 278 g/mol. The lowest BCUT2D eigenvalue weighted by molar-refractivity contribution is 0.173. The Balaban J connectivity index is 1.75. The second-order valence-corrected chi connectivity index (χ2v) is 6.06. The van der Waals surface area contributed by atoms with Crippen molar-refractivity contribution >= 4 is 0 Å². The van der Waals surface area contributed by atoms with E-state index in [2.05, 4.69) is 21.4 Å². The first kappa shape index (κ1) is 14.0. The van der Waals surface area contributed by atoms with Gasteiger partial charge in [-0.15, -0.1) is 0 Å². The summed E-state index contributed by atoms with van der Waals surface area (Å²) in [6, 6.07) is 0.576. The van der Waals surface area contributed by atoms with E-state index < -0.39 is 0 Å². The molecule has 0 bridgehead atoms. The number of likely N-dealkylation sites (N-methyl/N-ethyl adjacent to an activating group) is 1. The van der Waals surface area contributed by atoms with Gasteiger partial charge in [0.2, 0.25) is 0 Å². The van der Waals surface area contributed by atoms with Gasteiger partial charge in [0.05, 0.1) is 24.7 Å². The normalized spacial score (nSPS) is 29.7. The van der Waals surface area contributed by atoms with Crippen molar-refractivity contribution in [1.82, 2.24) is 14.5 Å². The lowest BCUT2D eigenvalue weighted by atomic mass is 9.96. The van der Waals surface area contributed by atoms with E-state index in [0.717, 1.165) is 32.7 Å². The first-order chi connectivity index (χ1) is 9.79. The van der Waals surface area contributed by atoms with Gasteiger partial charge in [-0.05, 0) is 32.4 Å². The van der Waals surface area contributed by atoms with Crippen LogP contribution in [0.5, 0.6) is 0 Å². The van der Waals surface area contributed by atoms with Gasteiger partial charge >= 0.3 is 0 Å². The maximum Gasteiger partial charge on any atom is 0.0951 e. The van der Waals surface area contributed by atoms with Gasteiger partial charge in [-0.1, -0.05) is 6.92 Å². The fraction of sp³-hybridized carbons (Fsp3) is 0.800. The smallest absolute Gasteiger partial charge is 0.0951 e. The van der Waals surface area contributed by atoms with E-state index >= 15 is 0 Å². The Hall–Kier alpha value is -0.910. The fourth-order valence-corrected chi connectivity index (χ4v) is 3.50. The molecule has 0 saturated carbocycles. The Labute approximate surface area is 121 Å². The summed E-state index contributed by atoms with van der Waals surface area (Å²) in [5.74, 6) is 0.441. The zero-order chi connectivity index (χ0) is 13.9. The quantitative estimate of drug-likeness (QED) is 0.908. The van der Waals surface area contributed by atoms with Crippen LogP contribution in [-0.4, -0.2) is 47.3 Å². The predicted molar refractivity (Wildman–Crippen MR) is 78.5 cm³/mol.